The van der Waals surface area contributed by atoms with Gasteiger partial charge in [0.15, 0.2) is 0 Å². The van der Waals surface area contributed by atoms with Crippen LogP contribution in [0.2, 0.25) is 0 Å². The molecule has 1 aliphatic heterocycles. The Morgan fingerprint density at radius 1 is 1.67 bits per heavy atom. The third kappa shape index (κ3) is 2.95. The van der Waals surface area contributed by atoms with Crippen LogP contribution in [0.25, 0.3) is 0 Å². The normalized spacial score (nSPS) is 22.1. The first-order valence-corrected chi connectivity index (χ1v) is 7.53. The summed E-state index contributed by atoms with van der Waals surface area (Å²) in [5.41, 5.74) is 1.26. The summed E-state index contributed by atoms with van der Waals surface area (Å²) in [7, 11) is 2.02. The average molecular weight is 316 g/mol. The van der Waals surface area contributed by atoms with Crippen molar-refractivity contribution in [2.75, 3.05) is 20.3 Å². The van der Waals surface area contributed by atoms with Gasteiger partial charge >= 0.3 is 0 Å². The van der Waals surface area contributed by atoms with E-state index in [-0.39, 0.29) is 0 Å². The zero-order valence-corrected chi connectivity index (χ0v) is 12.7. The van der Waals surface area contributed by atoms with Crippen molar-refractivity contribution in [2.45, 2.75) is 38.8 Å². The molecule has 1 N–H and O–H groups in total. The number of ether oxygens (including phenoxy) is 1. The van der Waals surface area contributed by atoms with Crippen LogP contribution >= 0.6 is 15.9 Å². The zero-order chi connectivity index (χ0) is 13.0. The van der Waals surface area contributed by atoms with Gasteiger partial charge in [0.05, 0.1) is 29.0 Å². The number of halogens is 1. The van der Waals surface area contributed by atoms with E-state index < -0.39 is 0 Å². The van der Waals surface area contributed by atoms with Gasteiger partial charge in [-0.2, -0.15) is 5.10 Å². The van der Waals surface area contributed by atoms with Crippen molar-refractivity contribution in [1.82, 2.24) is 15.1 Å². The lowest BCUT2D eigenvalue weighted by Gasteiger charge is -2.30. The van der Waals surface area contributed by atoms with Crippen LogP contribution in [0, 0.1) is 5.92 Å². The first-order chi connectivity index (χ1) is 8.77. The molecule has 18 heavy (non-hydrogen) atoms. The zero-order valence-electron chi connectivity index (χ0n) is 11.2. The molecule has 2 atom stereocenters. The topological polar surface area (TPSA) is 39.1 Å². The van der Waals surface area contributed by atoms with Gasteiger partial charge in [0.1, 0.15) is 0 Å². The van der Waals surface area contributed by atoms with Crippen molar-refractivity contribution in [3.8, 4) is 0 Å². The molecule has 0 amide bonds. The smallest absolute Gasteiger partial charge is 0.0699 e. The largest absolute Gasteiger partial charge is 0.381 e. The summed E-state index contributed by atoms with van der Waals surface area (Å²) < 4.78 is 8.83. The van der Waals surface area contributed by atoms with Crippen molar-refractivity contribution < 1.29 is 4.74 Å². The van der Waals surface area contributed by atoms with E-state index in [4.69, 9.17) is 4.74 Å². The van der Waals surface area contributed by atoms with Crippen molar-refractivity contribution in [1.29, 1.82) is 0 Å². The lowest BCUT2D eigenvalue weighted by Crippen LogP contribution is -2.33. The second kappa shape index (κ2) is 6.68. The van der Waals surface area contributed by atoms with E-state index in [9.17, 15) is 0 Å². The van der Waals surface area contributed by atoms with E-state index in [1.54, 1.807) is 0 Å². The van der Waals surface area contributed by atoms with Crippen LogP contribution in [-0.4, -0.2) is 30.0 Å². The van der Waals surface area contributed by atoms with Gasteiger partial charge in [-0.25, -0.2) is 0 Å². The number of aromatic nitrogens is 2. The number of rotatable bonds is 5. The third-order valence-electron chi connectivity index (χ3n) is 3.54. The fraction of sp³-hybridized carbons (Fsp3) is 0.769. The summed E-state index contributed by atoms with van der Waals surface area (Å²) in [6.07, 6.45) is 5.37. The van der Waals surface area contributed by atoms with Gasteiger partial charge in [-0.1, -0.05) is 6.92 Å². The van der Waals surface area contributed by atoms with E-state index in [1.165, 1.54) is 12.1 Å². The van der Waals surface area contributed by atoms with E-state index in [2.05, 4.69) is 38.0 Å². The average Bonchev–Trinajstić information content (AvgIpc) is 2.75. The van der Waals surface area contributed by atoms with Crippen LogP contribution in [0.5, 0.6) is 0 Å². The lowest BCUT2D eigenvalue weighted by atomic mass is 9.91. The standard InChI is InChI=1S/C13H22BrN3O/c1-3-6-17-13(11(14)8-16-17)12(15-2)10-5-4-7-18-9-10/h8,10,12,15H,3-7,9H2,1-2H3. The highest BCUT2D eigenvalue weighted by atomic mass is 79.9. The van der Waals surface area contributed by atoms with Crippen molar-refractivity contribution in [3.63, 3.8) is 0 Å². The molecule has 4 nitrogen and oxygen atoms in total. The summed E-state index contributed by atoms with van der Waals surface area (Å²) >= 11 is 3.63. The maximum absolute atomic E-state index is 5.62. The molecule has 0 spiro atoms. The molecule has 0 bridgehead atoms. The van der Waals surface area contributed by atoms with Crippen LogP contribution in [-0.2, 0) is 11.3 Å². The molecule has 1 saturated heterocycles. The van der Waals surface area contributed by atoms with Gasteiger partial charge in [0, 0.05) is 19.1 Å². The van der Waals surface area contributed by atoms with Crippen molar-refractivity contribution in [2.24, 2.45) is 5.92 Å². The Morgan fingerprint density at radius 3 is 3.11 bits per heavy atom. The monoisotopic (exact) mass is 315 g/mol. The molecule has 0 radical (unpaired) electrons. The van der Waals surface area contributed by atoms with E-state index >= 15 is 0 Å². The second-order valence-electron chi connectivity index (χ2n) is 4.84. The van der Waals surface area contributed by atoms with Gasteiger partial charge in [-0.3, -0.25) is 4.68 Å². The minimum atomic E-state index is 0.314. The van der Waals surface area contributed by atoms with Crippen molar-refractivity contribution in [3.05, 3.63) is 16.4 Å². The van der Waals surface area contributed by atoms with E-state index in [1.807, 2.05) is 13.2 Å². The fourth-order valence-electron chi connectivity index (χ4n) is 2.70. The third-order valence-corrected chi connectivity index (χ3v) is 4.15. The molecule has 5 heteroatoms. The van der Waals surface area contributed by atoms with E-state index in [0.717, 1.165) is 37.1 Å². The molecule has 2 rings (SSSR count). The highest BCUT2D eigenvalue weighted by molar-refractivity contribution is 9.10. The SMILES string of the molecule is CCCn1ncc(Br)c1C(NC)C1CCCOC1. The predicted octanol–water partition coefficient (Wildman–Crippen LogP) is 2.74. The number of hydrogen-bond acceptors (Lipinski definition) is 3. The van der Waals surface area contributed by atoms with Crippen LogP contribution in [0.4, 0.5) is 0 Å². The number of hydrogen-bond donors (Lipinski definition) is 1. The molecule has 0 aliphatic carbocycles. The Balaban J connectivity index is 2.22. The highest BCUT2D eigenvalue weighted by Gasteiger charge is 2.28. The summed E-state index contributed by atoms with van der Waals surface area (Å²) in [5, 5.41) is 7.90. The molecule has 1 aromatic heterocycles. The van der Waals surface area contributed by atoms with Crippen LogP contribution in [0.3, 0.4) is 0 Å². The van der Waals surface area contributed by atoms with Crippen LogP contribution in [0.15, 0.2) is 10.7 Å². The second-order valence-corrected chi connectivity index (χ2v) is 5.70. The molecular formula is C13H22BrN3O. The number of aryl methyl sites for hydroxylation is 1. The quantitative estimate of drug-likeness (QED) is 0.908. The molecule has 102 valence electrons. The summed E-state index contributed by atoms with van der Waals surface area (Å²) in [6, 6.07) is 0.314. The summed E-state index contributed by atoms with van der Waals surface area (Å²) in [4.78, 5) is 0. The predicted molar refractivity (Wildman–Crippen MR) is 75.6 cm³/mol. The fourth-order valence-corrected chi connectivity index (χ4v) is 3.24. The molecule has 0 saturated carbocycles. The Labute approximate surface area is 117 Å². The molecule has 2 unspecified atom stereocenters. The molecular weight excluding hydrogens is 294 g/mol. The van der Waals surface area contributed by atoms with Crippen LogP contribution < -0.4 is 5.32 Å². The van der Waals surface area contributed by atoms with Crippen molar-refractivity contribution >= 4 is 15.9 Å². The first-order valence-electron chi connectivity index (χ1n) is 6.74. The van der Waals surface area contributed by atoms with Gasteiger partial charge in [0.25, 0.3) is 0 Å². The van der Waals surface area contributed by atoms with Gasteiger partial charge in [-0.15, -0.1) is 0 Å². The minimum Gasteiger partial charge on any atom is -0.381 e. The van der Waals surface area contributed by atoms with Crippen LogP contribution in [0.1, 0.15) is 37.9 Å². The minimum absolute atomic E-state index is 0.314. The lowest BCUT2D eigenvalue weighted by molar-refractivity contribution is 0.0387. The Bertz CT molecular complexity index is 374. The van der Waals surface area contributed by atoms with E-state index in [0.29, 0.717) is 12.0 Å². The number of nitrogens with zero attached hydrogens (tertiary/aromatic N) is 2. The molecule has 1 aromatic rings. The van der Waals surface area contributed by atoms with Gasteiger partial charge in [0.2, 0.25) is 0 Å². The highest BCUT2D eigenvalue weighted by Crippen LogP contribution is 2.32. The maximum Gasteiger partial charge on any atom is 0.0699 e. The summed E-state index contributed by atoms with van der Waals surface area (Å²) in [5.74, 6) is 0.535. The Morgan fingerprint density at radius 2 is 2.50 bits per heavy atom. The first kappa shape index (κ1) is 14.0. The number of nitrogens with one attached hydrogen (secondary N) is 1. The maximum atomic E-state index is 5.62. The van der Waals surface area contributed by atoms with Gasteiger partial charge in [-0.05, 0) is 42.2 Å². The molecule has 2 heterocycles. The molecule has 1 fully saturated rings. The Kier molecular flexibility index (Phi) is 5.21. The van der Waals surface area contributed by atoms with Gasteiger partial charge < -0.3 is 10.1 Å². The summed E-state index contributed by atoms with van der Waals surface area (Å²) in [6.45, 7) is 4.89. The molecule has 1 aliphatic rings. The molecule has 0 aromatic carbocycles. The Hall–Kier alpha value is -0.390.